The molecule has 4 heteroatoms. The molecule has 4 nitrogen and oxygen atoms in total. The maximum absolute atomic E-state index is 4.77. The van der Waals surface area contributed by atoms with Gasteiger partial charge in [-0.05, 0) is 39.0 Å². The Balaban J connectivity index is 1.80. The summed E-state index contributed by atoms with van der Waals surface area (Å²) >= 11 is 0. The Morgan fingerprint density at radius 2 is 2.12 bits per heavy atom. The second-order valence-electron chi connectivity index (χ2n) is 5.05. The minimum Gasteiger partial charge on any atom is -0.317 e. The van der Waals surface area contributed by atoms with E-state index in [1.54, 1.807) is 0 Å². The van der Waals surface area contributed by atoms with Gasteiger partial charge in [0.25, 0.3) is 0 Å². The van der Waals surface area contributed by atoms with Crippen molar-refractivity contribution in [3.05, 3.63) is 17.5 Å². The second-order valence-corrected chi connectivity index (χ2v) is 5.05. The lowest BCUT2D eigenvalue weighted by molar-refractivity contribution is 0.258. The van der Waals surface area contributed by atoms with Gasteiger partial charge in [-0.1, -0.05) is 0 Å². The topological polar surface area (TPSA) is 33.1 Å². The zero-order chi connectivity index (χ0) is 11.0. The number of likely N-dealkylation sites (N-methyl/N-ethyl adjacent to an activating group) is 1. The van der Waals surface area contributed by atoms with E-state index in [4.69, 9.17) is 5.10 Å². The molecule has 16 heavy (non-hydrogen) atoms. The van der Waals surface area contributed by atoms with Crippen LogP contribution in [0.25, 0.3) is 0 Å². The Morgan fingerprint density at radius 1 is 1.31 bits per heavy atom. The summed E-state index contributed by atoms with van der Waals surface area (Å²) in [6.45, 7) is 5.52. The Bertz CT molecular complexity index is 365. The van der Waals surface area contributed by atoms with Crippen molar-refractivity contribution in [2.75, 3.05) is 26.7 Å². The van der Waals surface area contributed by atoms with E-state index in [0.29, 0.717) is 5.92 Å². The molecule has 0 amide bonds. The molecule has 1 saturated heterocycles. The maximum Gasteiger partial charge on any atom is 0.0659 e. The predicted molar refractivity (Wildman–Crippen MR) is 63.4 cm³/mol. The van der Waals surface area contributed by atoms with Crippen LogP contribution in [0.4, 0.5) is 0 Å². The fourth-order valence-corrected chi connectivity index (χ4v) is 2.74. The van der Waals surface area contributed by atoms with Gasteiger partial charge in [-0.15, -0.1) is 0 Å². The van der Waals surface area contributed by atoms with Crippen LogP contribution in [0.1, 0.15) is 30.1 Å². The Morgan fingerprint density at radius 3 is 2.94 bits per heavy atom. The van der Waals surface area contributed by atoms with E-state index >= 15 is 0 Å². The van der Waals surface area contributed by atoms with E-state index < -0.39 is 0 Å². The van der Waals surface area contributed by atoms with Crippen molar-refractivity contribution in [1.29, 1.82) is 0 Å². The van der Waals surface area contributed by atoms with Crippen molar-refractivity contribution in [3.63, 3.8) is 0 Å². The third-order valence-corrected chi connectivity index (χ3v) is 3.77. The molecule has 0 aliphatic carbocycles. The number of nitrogens with zero attached hydrogens (tertiary/aromatic N) is 3. The average Bonchev–Trinajstić information content (AvgIpc) is 2.73. The van der Waals surface area contributed by atoms with E-state index in [2.05, 4.69) is 28.0 Å². The number of nitrogens with one attached hydrogen (secondary N) is 1. The van der Waals surface area contributed by atoms with Crippen LogP contribution in [0.3, 0.4) is 0 Å². The second kappa shape index (κ2) is 4.18. The van der Waals surface area contributed by atoms with Gasteiger partial charge >= 0.3 is 0 Å². The summed E-state index contributed by atoms with van der Waals surface area (Å²) in [5.41, 5.74) is 2.72. The predicted octanol–water partition coefficient (Wildman–Crippen LogP) is 0.795. The van der Waals surface area contributed by atoms with Crippen LogP contribution in [0.15, 0.2) is 6.07 Å². The van der Waals surface area contributed by atoms with E-state index in [1.165, 1.54) is 24.2 Å². The maximum atomic E-state index is 4.77. The summed E-state index contributed by atoms with van der Waals surface area (Å²) in [7, 11) is 2.18. The first kappa shape index (κ1) is 10.3. The highest BCUT2D eigenvalue weighted by atomic mass is 15.3. The zero-order valence-electron chi connectivity index (χ0n) is 9.95. The lowest BCUT2D eigenvalue weighted by Gasteiger charge is -2.22. The lowest BCUT2D eigenvalue weighted by Crippen LogP contribution is -2.30. The summed E-state index contributed by atoms with van der Waals surface area (Å²) in [4.78, 5) is 2.36. The lowest BCUT2D eigenvalue weighted by atomic mass is 9.94. The summed E-state index contributed by atoms with van der Waals surface area (Å²) < 4.78 is 2.21. The molecule has 0 bridgehead atoms. The molecule has 0 saturated carbocycles. The molecule has 2 aliphatic heterocycles. The monoisotopic (exact) mass is 220 g/mol. The molecule has 0 radical (unpaired) electrons. The van der Waals surface area contributed by atoms with E-state index in [1.807, 2.05) is 0 Å². The number of aromatic nitrogens is 2. The van der Waals surface area contributed by atoms with Crippen LogP contribution in [0.2, 0.25) is 0 Å². The van der Waals surface area contributed by atoms with E-state index in [-0.39, 0.29) is 0 Å². The van der Waals surface area contributed by atoms with Crippen LogP contribution < -0.4 is 5.32 Å². The van der Waals surface area contributed by atoms with Crippen molar-refractivity contribution in [1.82, 2.24) is 20.0 Å². The van der Waals surface area contributed by atoms with Crippen molar-refractivity contribution in [2.45, 2.75) is 31.8 Å². The van der Waals surface area contributed by atoms with Gasteiger partial charge < -0.3 is 5.32 Å². The largest absolute Gasteiger partial charge is 0.317 e. The van der Waals surface area contributed by atoms with Crippen LogP contribution in [0, 0.1) is 0 Å². The van der Waals surface area contributed by atoms with E-state index in [0.717, 1.165) is 32.7 Å². The summed E-state index contributed by atoms with van der Waals surface area (Å²) in [5, 5.41) is 8.18. The minimum absolute atomic E-state index is 0.685. The molecule has 1 N–H and O–H groups in total. The normalized spacial score (nSPS) is 23.3. The smallest absolute Gasteiger partial charge is 0.0659 e. The fourth-order valence-electron chi connectivity index (χ4n) is 2.74. The van der Waals surface area contributed by atoms with Gasteiger partial charge in [0.1, 0.15) is 0 Å². The van der Waals surface area contributed by atoms with Crippen LogP contribution in [0.5, 0.6) is 0 Å². The number of piperidine rings is 1. The van der Waals surface area contributed by atoms with Gasteiger partial charge in [0, 0.05) is 19.0 Å². The first-order valence-electron chi connectivity index (χ1n) is 6.29. The Kier molecular flexibility index (Phi) is 2.69. The van der Waals surface area contributed by atoms with Gasteiger partial charge in [-0.25, -0.2) is 0 Å². The summed E-state index contributed by atoms with van der Waals surface area (Å²) in [5.74, 6) is 0.685. The molecule has 88 valence electrons. The highest BCUT2D eigenvalue weighted by molar-refractivity contribution is 5.16. The molecule has 3 heterocycles. The number of rotatable bonds is 1. The number of fused-ring (bicyclic) bond motifs is 1. The van der Waals surface area contributed by atoms with Crippen LogP contribution in [-0.4, -0.2) is 41.4 Å². The zero-order valence-corrected chi connectivity index (χ0v) is 9.95. The molecule has 2 aliphatic rings. The summed E-state index contributed by atoms with van der Waals surface area (Å²) in [6, 6.07) is 2.33. The van der Waals surface area contributed by atoms with Crippen molar-refractivity contribution < 1.29 is 0 Å². The molecule has 0 unspecified atom stereocenters. The fraction of sp³-hybridized carbons (Fsp3) is 0.750. The average molecular weight is 220 g/mol. The van der Waals surface area contributed by atoms with Crippen LogP contribution >= 0.6 is 0 Å². The molecule has 0 aromatic carbocycles. The van der Waals surface area contributed by atoms with Gasteiger partial charge in [-0.3, -0.25) is 9.58 Å². The van der Waals surface area contributed by atoms with Gasteiger partial charge in [-0.2, -0.15) is 5.10 Å². The number of hydrogen-bond donors (Lipinski definition) is 1. The molecule has 1 fully saturated rings. The summed E-state index contributed by atoms with van der Waals surface area (Å²) in [6.07, 6.45) is 2.48. The third kappa shape index (κ3) is 1.87. The molecular weight excluding hydrogens is 200 g/mol. The van der Waals surface area contributed by atoms with Gasteiger partial charge in [0.05, 0.1) is 17.9 Å². The quantitative estimate of drug-likeness (QED) is 0.760. The first-order chi connectivity index (χ1) is 7.83. The highest BCUT2D eigenvalue weighted by Gasteiger charge is 2.21. The Labute approximate surface area is 96.6 Å². The SMILES string of the molecule is CN1CCn2nc(C3CCNCC3)cc2C1. The van der Waals surface area contributed by atoms with Crippen LogP contribution in [-0.2, 0) is 13.1 Å². The van der Waals surface area contributed by atoms with E-state index in [9.17, 15) is 0 Å². The Hall–Kier alpha value is -0.870. The van der Waals surface area contributed by atoms with Gasteiger partial charge in [0.15, 0.2) is 0 Å². The van der Waals surface area contributed by atoms with Crippen molar-refractivity contribution in [3.8, 4) is 0 Å². The molecule has 3 rings (SSSR count). The number of hydrogen-bond acceptors (Lipinski definition) is 3. The molecular formula is C12H20N4. The van der Waals surface area contributed by atoms with Crippen molar-refractivity contribution in [2.24, 2.45) is 0 Å². The molecule has 1 aromatic rings. The van der Waals surface area contributed by atoms with Gasteiger partial charge in [0.2, 0.25) is 0 Å². The van der Waals surface area contributed by atoms with Crippen molar-refractivity contribution >= 4 is 0 Å². The minimum atomic E-state index is 0.685. The highest BCUT2D eigenvalue weighted by Crippen LogP contribution is 2.25. The molecule has 1 aromatic heterocycles. The standard InChI is InChI=1S/C12H20N4/c1-15-6-7-16-11(9-15)8-12(14-16)10-2-4-13-5-3-10/h8,10,13H,2-7,9H2,1H3. The molecule has 0 spiro atoms. The first-order valence-corrected chi connectivity index (χ1v) is 6.29. The third-order valence-electron chi connectivity index (χ3n) is 3.77. The molecule has 0 atom stereocenters.